The fraction of sp³-hybridized carbons (Fsp3) is 0.550. The molecule has 1 aromatic rings. The summed E-state index contributed by atoms with van der Waals surface area (Å²) in [6.45, 7) is 2.37. The summed E-state index contributed by atoms with van der Waals surface area (Å²) in [7, 11) is 1.67. The number of nitrogens with one attached hydrogen (secondary N) is 1. The maximum atomic E-state index is 12.8. The van der Waals surface area contributed by atoms with Crippen molar-refractivity contribution in [2.45, 2.75) is 44.6 Å². The molecule has 1 saturated carbocycles. The smallest absolute Gasteiger partial charge is 0.327 e. The van der Waals surface area contributed by atoms with E-state index in [1.54, 1.807) is 7.05 Å². The van der Waals surface area contributed by atoms with Gasteiger partial charge in [-0.15, -0.1) is 0 Å². The third kappa shape index (κ3) is 3.91. The van der Waals surface area contributed by atoms with Crippen LogP contribution in [0.2, 0.25) is 0 Å². The molecule has 0 radical (unpaired) electrons. The first-order valence-electron chi connectivity index (χ1n) is 9.50. The summed E-state index contributed by atoms with van der Waals surface area (Å²) in [5.41, 5.74) is 0.354. The summed E-state index contributed by atoms with van der Waals surface area (Å²) >= 11 is 0. The van der Waals surface area contributed by atoms with Gasteiger partial charge in [-0.05, 0) is 37.5 Å². The van der Waals surface area contributed by atoms with E-state index >= 15 is 0 Å². The van der Waals surface area contributed by atoms with Crippen LogP contribution >= 0.6 is 0 Å². The Labute approximate surface area is 159 Å². The molecule has 4 amide bonds. The van der Waals surface area contributed by atoms with Crippen molar-refractivity contribution < 1.29 is 19.1 Å². The summed E-state index contributed by atoms with van der Waals surface area (Å²) in [5, 5.41) is 2.71. The summed E-state index contributed by atoms with van der Waals surface area (Å²) in [6.07, 6.45) is 4.30. The number of carbonyl (C=O) groups is 3. The highest BCUT2D eigenvalue weighted by molar-refractivity contribution is 6.08. The Kier molecular flexibility index (Phi) is 5.68. The first-order valence-corrected chi connectivity index (χ1v) is 9.50. The number of carbonyl (C=O) groups excluding carboxylic acids is 3. The molecular formula is C20H27N3O4. The van der Waals surface area contributed by atoms with E-state index in [-0.39, 0.29) is 24.4 Å². The molecule has 0 aromatic heterocycles. The number of aryl methyl sites for hydroxylation is 1. The second-order valence-electron chi connectivity index (χ2n) is 7.34. The number of nitrogens with zero attached hydrogens (tertiary/aromatic N) is 2. The standard InChI is InChI=1S/C20H27N3O4/c1-15-7-6-8-16(13-15)27-12-11-21-17(24)14-23-18(25)20(22(2)19(23)26)9-4-3-5-10-20/h6-8,13H,3-5,9-12,14H2,1-2H3,(H,21,24). The molecule has 0 atom stereocenters. The van der Waals surface area contributed by atoms with Crippen molar-refractivity contribution in [3.8, 4) is 5.75 Å². The number of hydrogen-bond donors (Lipinski definition) is 1. The predicted octanol–water partition coefficient (Wildman–Crippen LogP) is 2.09. The van der Waals surface area contributed by atoms with Gasteiger partial charge in [0.05, 0.1) is 6.54 Å². The first kappa shape index (κ1) is 19.2. The number of ether oxygens (including phenoxy) is 1. The van der Waals surface area contributed by atoms with Gasteiger partial charge in [-0.1, -0.05) is 31.4 Å². The second kappa shape index (κ2) is 7.98. The van der Waals surface area contributed by atoms with Gasteiger partial charge in [0.15, 0.2) is 0 Å². The van der Waals surface area contributed by atoms with Crippen LogP contribution in [0.25, 0.3) is 0 Å². The van der Waals surface area contributed by atoms with Crippen LogP contribution in [0.3, 0.4) is 0 Å². The van der Waals surface area contributed by atoms with Crippen LogP contribution in [0.15, 0.2) is 24.3 Å². The van der Waals surface area contributed by atoms with Gasteiger partial charge in [0.25, 0.3) is 5.91 Å². The number of benzene rings is 1. The number of amides is 4. The van der Waals surface area contributed by atoms with Gasteiger partial charge in [-0.2, -0.15) is 0 Å². The third-order valence-corrected chi connectivity index (χ3v) is 5.47. The Morgan fingerprint density at radius 2 is 1.96 bits per heavy atom. The molecule has 146 valence electrons. The van der Waals surface area contributed by atoms with Crippen molar-refractivity contribution in [3.05, 3.63) is 29.8 Å². The molecular weight excluding hydrogens is 346 g/mol. The van der Waals surface area contributed by atoms with Crippen LogP contribution in [-0.4, -0.2) is 59.9 Å². The van der Waals surface area contributed by atoms with E-state index < -0.39 is 5.54 Å². The molecule has 0 unspecified atom stereocenters. The van der Waals surface area contributed by atoms with E-state index in [2.05, 4.69) is 5.32 Å². The van der Waals surface area contributed by atoms with Gasteiger partial charge in [0, 0.05) is 7.05 Å². The molecule has 1 spiro atoms. The van der Waals surface area contributed by atoms with Crippen molar-refractivity contribution in [3.63, 3.8) is 0 Å². The summed E-state index contributed by atoms with van der Waals surface area (Å²) in [6, 6.07) is 7.28. The van der Waals surface area contributed by atoms with E-state index in [9.17, 15) is 14.4 Å². The lowest BCUT2D eigenvalue weighted by atomic mass is 9.81. The van der Waals surface area contributed by atoms with Crippen molar-refractivity contribution in [1.82, 2.24) is 15.1 Å². The van der Waals surface area contributed by atoms with Gasteiger partial charge in [0.1, 0.15) is 24.4 Å². The SMILES string of the molecule is Cc1cccc(OCCNC(=O)CN2C(=O)N(C)C3(CCCCC3)C2=O)c1. The van der Waals surface area contributed by atoms with E-state index in [1.807, 2.05) is 31.2 Å². The van der Waals surface area contributed by atoms with Gasteiger partial charge in [-0.3, -0.25) is 14.5 Å². The maximum absolute atomic E-state index is 12.8. The number of hydrogen-bond acceptors (Lipinski definition) is 4. The zero-order valence-corrected chi connectivity index (χ0v) is 16.0. The number of imide groups is 1. The average Bonchev–Trinajstić information content (AvgIpc) is 2.82. The largest absolute Gasteiger partial charge is 0.492 e. The van der Waals surface area contributed by atoms with Crippen LogP contribution in [0.4, 0.5) is 4.79 Å². The van der Waals surface area contributed by atoms with Crippen LogP contribution in [0, 0.1) is 6.92 Å². The molecule has 1 heterocycles. The normalized spacial score (nSPS) is 18.9. The molecule has 1 aromatic carbocycles. The Morgan fingerprint density at radius 1 is 1.22 bits per heavy atom. The number of rotatable bonds is 6. The van der Waals surface area contributed by atoms with E-state index in [0.29, 0.717) is 26.0 Å². The van der Waals surface area contributed by atoms with Gasteiger partial charge in [0.2, 0.25) is 5.91 Å². The fourth-order valence-corrected chi connectivity index (χ4v) is 3.94. The Bertz CT molecular complexity index is 728. The van der Waals surface area contributed by atoms with Crippen molar-refractivity contribution in [2.24, 2.45) is 0 Å². The van der Waals surface area contributed by atoms with Crippen LogP contribution in [0.5, 0.6) is 5.75 Å². The third-order valence-electron chi connectivity index (χ3n) is 5.47. The summed E-state index contributed by atoms with van der Waals surface area (Å²) in [4.78, 5) is 40.2. The lowest BCUT2D eigenvalue weighted by molar-refractivity contribution is -0.137. The van der Waals surface area contributed by atoms with Crippen molar-refractivity contribution in [2.75, 3.05) is 26.7 Å². The van der Waals surface area contributed by atoms with Crippen molar-refractivity contribution in [1.29, 1.82) is 0 Å². The average molecular weight is 373 g/mol. The molecule has 0 bridgehead atoms. The monoisotopic (exact) mass is 373 g/mol. The zero-order chi connectivity index (χ0) is 19.4. The van der Waals surface area contributed by atoms with Crippen LogP contribution in [0.1, 0.15) is 37.7 Å². The van der Waals surface area contributed by atoms with Crippen LogP contribution in [-0.2, 0) is 9.59 Å². The Hall–Kier alpha value is -2.57. The van der Waals surface area contributed by atoms with Gasteiger partial charge >= 0.3 is 6.03 Å². The molecule has 1 N–H and O–H groups in total. The predicted molar refractivity (Wildman–Crippen MR) is 100 cm³/mol. The second-order valence-corrected chi connectivity index (χ2v) is 7.34. The van der Waals surface area contributed by atoms with Crippen LogP contribution < -0.4 is 10.1 Å². The highest BCUT2D eigenvalue weighted by Crippen LogP contribution is 2.39. The zero-order valence-electron chi connectivity index (χ0n) is 16.0. The van der Waals surface area contributed by atoms with Crippen molar-refractivity contribution >= 4 is 17.8 Å². The molecule has 7 heteroatoms. The molecule has 27 heavy (non-hydrogen) atoms. The minimum absolute atomic E-state index is 0.235. The Morgan fingerprint density at radius 3 is 2.67 bits per heavy atom. The molecule has 7 nitrogen and oxygen atoms in total. The van der Waals surface area contributed by atoms with E-state index in [0.717, 1.165) is 35.5 Å². The lowest BCUT2D eigenvalue weighted by Crippen LogP contribution is -2.49. The maximum Gasteiger partial charge on any atom is 0.327 e. The van der Waals surface area contributed by atoms with E-state index in [1.165, 1.54) is 4.90 Å². The molecule has 3 rings (SSSR count). The highest BCUT2D eigenvalue weighted by atomic mass is 16.5. The van der Waals surface area contributed by atoms with E-state index in [4.69, 9.17) is 4.74 Å². The first-order chi connectivity index (χ1) is 12.9. The number of urea groups is 1. The lowest BCUT2D eigenvalue weighted by Gasteiger charge is -2.35. The molecule has 1 aliphatic heterocycles. The minimum Gasteiger partial charge on any atom is -0.492 e. The molecule has 2 aliphatic rings. The minimum atomic E-state index is -0.746. The highest BCUT2D eigenvalue weighted by Gasteiger charge is 2.55. The van der Waals surface area contributed by atoms with Gasteiger partial charge in [-0.25, -0.2) is 4.79 Å². The fourth-order valence-electron chi connectivity index (χ4n) is 3.94. The Balaban J connectivity index is 1.49. The number of likely N-dealkylation sites (N-methyl/N-ethyl adjacent to an activating group) is 1. The van der Waals surface area contributed by atoms with Gasteiger partial charge < -0.3 is 15.0 Å². The molecule has 1 aliphatic carbocycles. The summed E-state index contributed by atoms with van der Waals surface area (Å²) < 4.78 is 5.59. The topological polar surface area (TPSA) is 79.0 Å². The molecule has 2 fully saturated rings. The summed E-state index contributed by atoms with van der Waals surface area (Å²) in [5.74, 6) is 0.154. The quantitative estimate of drug-likeness (QED) is 0.612. The molecule has 1 saturated heterocycles.